The third-order valence-electron chi connectivity index (χ3n) is 4.08. The Labute approximate surface area is 130 Å². The van der Waals surface area contributed by atoms with Gasteiger partial charge in [-0.15, -0.1) is 22.9 Å². The Morgan fingerprint density at radius 2 is 1.80 bits per heavy atom. The van der Waals surface area contributed by atoms with Crippen LogP contribution in [0.4, 0.5) is 0 Å². The Kier molecular flexibility index (Phi) is 3.68. The molecule has 1 aliphatic rings. The molecule has 0 amide bonds. The van der Waals surface area contributed by atoms with Crippen molar-refractivity contribution in [1.29, 1.82) is 0 Å². The Hall–Kier alpha value is -0.790. The summed E-state index contributed by atoms with van der Waals surface area (Å²) in [6.07, 6.45) is 1.22. The fourth-order valence-electron chi connectivity index (χ4n) is 2.74. The van der Waals surface area contributed by atoms with Gasteiger partial charge in [0.15, 0.2) is 0 Å². The lowest BCUT2D eigenvalue weighted by molar-refractivity contribution is 0.604. The molecule has 3 unspecified atom stereocenters. The van der Waals surface area contributed by atoms with Crippen molar-refractivity contribution in [1.82, 2.24) is 0 Å². The molecule has 1 aliphatic carbocycles. The number of alkyl halides is 1. The SMILES string of the molecule is CC(C)(C)c1ccc(C(Cl)C2CC2c2ccccc2)s1. The van der Waals surface area contributed by atoms with Crippen LogP contribution in [-0.4, -0.2) is 0 Å². The molecule has 1 aromatic carbocycles. The molecule has 0 bridgehead atoms. The largest absolute Gasteiger partial charge is 0.143 e. The Balaban J connectivity index is 1.72. The summed E-state index contributed by atoms with van der Waals surface area (Å²) in [4.78, 5) is 2.76. The number of halogens is 1. The summed E-state index contributed by atoms with van der Waals surface area (Å²) in [6.45, 7) is 6.78. The van der Waals surface area contributed by atoms with Crippen LogP contribution in [0.1, 0.15) is 53.8 Å². The monoisotopic (exact) mass is 304 g/mol. The summed E-state index contributed by atoms with van der Waals surface area (Å²) >= 11 is 8.60. The highest BCUT2D eigenvalue weighted by Gasteiger charge is 2.44. The number of thiophene rings is 1. The van der Waals surface area contributed by atoms with Gasteiger partial charge in [-0.25, -0.2) is 0 Å². The van der Waals surface area contributed by atoms with E-state index in [0.717, 1.165) is 0 Å². The minimum absolute atomic E-state index is 0.168. The van der Waals surface area contributed by atoms with E-state index >= 15 is 0 Å². The summed E-state index contributed by atoms with van der Waals surface area (Å²) in [6, 6.07) is 15.2. The average Bonchev–Trinajstić information content (AvgIpc) is 3.05. The van der Waals surface area contributed by atoms with Crippen LogP contribution >= 0.6 is 22.9 Å². The number of hydrogen-bond acceptors (Lipinski definition) is 1. The minimum atomic E-state index is 0.168. The topological polar surface area (TPSA) is 0 Å². The summed E-state index contributed by atoms with van der Waals surface area (Å²) < 4.78 is 0. The molecule has 2 aromatic rings. The zero-order valence-electron chi connectivity index (χ0n) is 12.3. The maximum atomic E-state index is 6.72. The highest BCUT2D eigenvalue weighted by molar-refractivity contribution is 7.12. The molecule has 0 nitrogen and oxygen atoms in total. The van der Waals surface area contributed by atoms with Crippen molar-refractivity contribution < 1.29 is 0 Å². The van der Waals surface area contributed by atoms with Crippen molar-refractivity contribution in [3.63, 3.8) is 0 Å². The Morgan fingerprint density at radius 3 is 2.40 bits per heavy atom. The van der Waals surface area contributed by atoms with Gasteiger partial charge in [-0.1, -0.05) is 51.1 Å². The Bertz CT molecular complexity index is 579. The third kappa shape index (κ3) is 2.80. The fourth-order valence-corrected chi connectivity index (χ4v) is 4.34. The van der Waals surface area contributed by atoms with Crippen LogP contribution in [0.15, 0.2) is 42.5 Å². The van der Waals surface area contributed by atoms with E-state index in [0.29, 0.717) is 11.8 Å². The van der Waals surface area contributed by atoms with Gasteiger partial charge < -0.3 is 0 Å². The smallest absolute Gasteiger partial charge is 0.0712 e. The molecular formula is C18H21ClS. The van der Waals surface area contributed by atoms with Crippen LogP contribution in [-0.2, 0) is 5.41 Å². The zero-order valence-corrected chi connectivity index (χ0v) is 13.8. The molecule has 1 saturated carbocycles. The zero-order chi connectivity index (χ0) is 14.3. The van der Waals surface area contributed by atoms with Crippen molar-refractivity contribution >= 4 is 22.9 Å². The van der Waals surface area contributed by atoms with Crippen LogP contribution in [0.25, 0.3) is 0 Å². The van der Waals surface area contributed by atoms with Crippen LogP contribution in [0.5, 0.6) is 0 Å². The van der Waals surface area contributed by atoms with E-state index in [9.17, 15) is 0 Å². The van der Waals surface area contributed by atoms with Gasteiger partial charge in [-0.3, -0.25) is 0 Å². The number of benzene rings is 1. The number of hydrogen-bond donors (Lipinski definition) is 0. The second-order valence-electron chi connectivity index (χ2n) is 6.77. The molecule has 0 radical (unpaired) electrons. The van der Waals surface area contributed by atoms with Crippen LogP contribution in [0.2, 0.25) is 0 Å². The van der Waals surface area contributed by atoms with Gasteiger partial charge in [0.1, 0.15) is 0 Å². The maximum Gasteiger partial charge on any atom is 0.0712 e. The van der Waals surface area contributed by atoms with E-state index in [4.69, 9.17) is 11.6 Å². The lowest BCUT2D eigenvalue weighted by Gasteiger charge is -2.15. The lowest BCUT2D eigenvalue weighted by Crippen LogP contribution is -2.07. The maximum absolute atomic E-state index is 6.72. The predicted molar refractivity (Wildman–Crippen MR) is 88.9 cm³/mol. The molecule has 0 N–H and O–H groups in total. The van der Waals surface area contributed by atoms with Gasteiger partial charge in [0.25, 0.3) is 0 Å². The van der Waals surface area contributed by atoms with E-state index in [2.05, 4.69) is 63.2 Å². The summed E-state index contributed by atoms with van der Waals surface area (Å²) in [5, 5.41) is 0.168. The quantitative estimate of drug-likeness (QED) is 0.598. The van der Waals surface area contributed by atoms with Crippen molar-refractivity contribution in [3.05, 3.63) is 57.8 Å². The van der Waals surface area contributed by atoms with Gasteiger partial charge in [-0.2, -0.15) is 0 Å². The average molecular weight is 305 g/mol. The minimum Gasteiger partial charge on any atom is -0.143 e. The molecule has 0 spiro atoms. The van der Waals surface area contributed by atoms with Gasteiger partial charge >= 0.3 is 0 Å². The van der Waals surface area contributed by atoms with Crippen molar-refractivity contribution in [2.75, 3.05) is 0 Å². The van der Waals surface area contributed by atoms with E-state index in [1.54, 1.807) is 0 Å². The molecule has 20 heavy (non-hydrogen) atoms. The molecule has 2 heteroatoms. The summed E-state index contributed by atoms with van der Waals surface area (Å²) in [7, 11) is 0. The molecular weight excluding hydrogens is 284 g/mol. The van der Waals surface area contributed by atoms with Gasteiger partial charge in [0, 0.05) is 9.75 Å². The van der Waals surface area contributed by atoms with Gasteiger partial charge in [0.05, 0.1) is 5.38 Å². The molecule has 1 aromatic heterocycles. The van der Waals surface area contributed by atoms with Crippen molar-refractivity contribution in [3.8, 4) is 0 Å². The molecule has 3 atom stereocenters. The normalized spacial score (nSPS) is 23.6. The van der Waals surface area contributed by atoms with Crippen LogP contribution in [0.3, 0.4) is 0 Å². The van der Waals surface area contributed by atoms with Crippen molar-refractivity contribution in [2.24, 2.45) is 5.92 Å². The summed E-state index contributed by atoms with van der Waals surface area (Å²) in [5.74, 6) is 1.25. The predicted octanol–water partition coefficient (Wildman–Crippen LogP) is 6.13. The summed E-state index contributed by atoms with van der Waals surface area (Å²) in [5.41, 5.74) is 1.66. The molecule has 106 valence electrons. The standard InChI is InChI=1S/C18H21ClS/c1-18(2,3)16-10-9-15(20-16)17(19)14-11-13(14)12-7-5-4-6-8-12/h4-10,13-14,17H,11H2,1-3H3. The molecule has 1 heterocycles. The lowest BCUT2D eigenvalue weighted by atomic mass is 9.95. The fraction of sp³-hybridized carbons (Fsp3) is 0.444. The van der Waals surface area contributed by atoms with Gasteiger partial charge in [0.2, 0.25) is 0 Å². The molecule has 1 fully saturated rings. The Morgan fingerprint density at radius 1 is 1.10 bits per heavy atom. The van der Waals surface area contributed by atoms with E-state index in [1.165, 1.54) is 21.7 Å². The highest BCUT2D eigenvalue weighted by Crippen LogP contribution is 2.57. The second-order valence-corrected chi connectivity index (χ2v) is 8.36. The van der Waals surface area contributed by atoms with Crippen LogP contribution < -0.4 is 0 Å². The van der Waals surface area contributed by atoms with Crippen LogP contribution in [0, 0.1) is 5.92 Å². The van der Waals surface area contributed by atoms with Gasteiger partial charge in [-0.05, 0) is 41.4 Å². The van der Waals surface area contributed by atoms with E-state index in [-0.39, 0.29) is 10.8 Å². The molecule has 0 aliphatic heterocycles. The number of rotatable bonds is 3. The first kappa shape index (κ1) is 14.2. The first-order valence-electron chi connectivity index (χ1n) is 7.26. The van der Waals surface area contributed by atoms with E-state index < -0.39 is 0 Å². The second kappa shape index (κ2) is 5.20. The highest BCUT2D eigenvalue weighted by atomic mass is 35.5. The first-order chi connectivity index (χ1) is 9.47. The van der Waals surface area contributed by atoms with E-state index in [1.807, 2.05) is 11.3 Å². The first-order valence-corrected chi connectivity index (χ1v) is 8.51. The molecule has 3 rings (SSSR count). The third-order valence-corrected chi connectivity index (χ3v) is 6.36. The molecule has 0 saturated heterocycles. The van der Waals surface area contributed by atoms with Crippen molar-refractivity contribution in [2.45, 2.75) is 43.9 Å².